The molecule has 0 aromatic heterocycles. The molecule has 1 saturated carbocycles. The first kappa shape index (κ1) is 19.7. The van der Waals surface area contributed by atoms with Crippen LogP contribution in [-0.4, -0.2) is 23.5 Å². The highest BCUT2D eigenvalue weighted by molar-refractivity contribution is 14.1. The van der Waals surface area contributed by atoms with Gasteiger partial charge < -0.3 is 9.84 Å². The van der Waals surface area contributed by atoms with Crippen molar-refractivity contribution in [3.63, 3.8) is 0 Å². The van der Waals surface area contributed by atoms with Crippen LogP contribution in [0, 0.1) is 15.4 Å². The highest BCUT2D eigenvalue weighted by Gasteiger charge is 2.48. The first-order valence-electron chi connectivity index (χ1n) is 7.47. The minimum Gasteiger partial charge on any atom is -0.465 e. The highest BCUT2D eigenvalue weighted by Crippen LogP contribution is 2.43. The second-order valence-electron chi connectivity index (χ2n) is 5.74. The van der Waals surface area contributed by atoms with E-state index in [0.29, 0.717) is 5.56 Å². The molecule has 1 aromatic carbocycles. The van der Waals surface area contributed by atoms with Crippen LogP contribution in [0.5, 0.6) is 0 Å². The summed E-state index contributed by atoms with van der Waals surface area (Å²) in [6.45, 7) is 1.85. The van der Waals surface area contributed by atoms with Gasteiger partial charge in [0.25, 0.3) is 0 Å². The van der Waals surface area contributed by atoms with Gasteiger partial charge in [0.1, 0.15) is 10.4 Å². The van der Waals surface area contributed by atoms with E-state index in [-0.39, 0.29) is 29.7 Å². The minimum atomic E-state index is -1.37. The zero-order chi connectivity index (χ0) is 17.9. The lowest BCUT2D eigenvalue weighted by Gasteiger charge is -2.38. The van der Waals surface area contributed by atoms with Gasteiger partial charge in [-0.05, 0) is 59.7 Å². The van der Waals surface area contributed by atoms with Gasteiger partial charge in [-0.2, -0.15) is 0 Å². The number of aliphatic hydroxyl groups is 1. The molecule has 7 heteroatoms. The molecule has 1 fully saturated rings. The van der Waals surface area contributed by atoms with Gasteiger partial charge in [0.05, 0.1) is 12.2 Å². The van der Waals surface area contributed by atoms with Crippen LogP contribution >= 0.6 is 45.8 Å². The molecule has 0 bridgehead atoms. The molecule has 0 saturated heterocycles. The molecule has 3 atom stereocenters. The number of rotatable bonds is 4. The summed E-state index contributed by atoms with van der Waals surface area (Å²) < 4.78 is 5.97. The molecule has 1 aliphatic carbocycles. The Labute approximate surface area is 164 Å². The van der Waals surface area contributed by atoms with Crippen molar-refractivity contribution in [2.24, 2.45) is 11.8 Å². The van der Waals surface area contributed by atoms with Crippen molar-refractivity contribution in [3.05, 3.63) is 44.0 Å². The van der Waals surface area contributed by atoms with Gasteiger partial charge in [-0.1, -0.05) is 35.3 Å². The molecule has 1 aromatic rings. The average molecular weight is 483 g/mol. The van der Waals surface area contributed by atoms with E-state index in [1.54, 1.807) is 19.1 Å². The molecular weight excluding hydrogens is 466 g/mol. The number of ketones is 1. The molecule has 0 spiro atoms. The van der Waals surface area contributed by atoms with Crippen molar-refractivity contribution in [1.29, 1.82) is 0 Å². The molecule has 4 nitrogen and oxygen atoms in total. The molecule has 1 N–H and O–H groups in total. The molecule has 3 unspecified atom stereocenters. The van der Waals surface area contributed by atoms with Crippen LogP contribution in [0.2, 0.25) is 0 Å². The Bertz CT molecular complexity index is 655. The summed E-state index contributed by atoms with van der Waals surface area (Å²) in [6, 6.07) is 7.27. The largest absolute Gasteiger partial charge is 0.465 e. The van der Waals surface area contributed by atoms with Crippen molar-refractivity contribution >= 4 is 57.5 Å². The smallest absolute Gasteiger partial charge is 0.317 e. The fraction of sp³-hybridized carbons (Fsp3) is 0.412. The van der Waals surface area contributed by atoms with Gasteiger partial charge >= 0.3 is 5.97 Å². The van der Waals surface area contributed by atoms with Crippen molar-refractivity contribution in [1.82, 2.24) is 0 Å². The molecule has 0 amide bonds. The van der Waals surface area contributed by atoms with Crippen LogP contribution in [0.25, 0.3) is 0 Å². The monoisotopic (exact) mass is 482 g/mol. The zero-order valence-corrected chi connectivity index (χ0v) is 16.6. The summed E-state index contributed by atoms with van der Waals surface area (Å²) in [5, 5.41) is 11.0. The number of benzene rings is 1. The molecule has 130 valence electrons. The van der Waals surface area contributed by atoms with E-state index in [0.717, 1.165) is 3.57 Å². The summed E-state index contributed by atoms with van der Waals surface area (Å²) in [6.07, 6.45) is 1.44. The molecule has 2 rings (SSSR count). The number of carbonyl (C=O) groups is 2. The van der Waals surface area contributed by atoms with Crippen LogP contribution in [0.3, 0.4) is 0 Å². The maximum Gasteiger partial charge on any atom is 0.317 e. The Kier molecular flexibility index (Phi) is 6.70. The Morgan fingerprint density at radius 3 is 2.58 bits per heavy atom. The van der Waals surface area contributed by atoms with E-state index in [2.05, 4.69) is 22.6 Å². The number of halogens is 3. The normalized spacial score (nSPS) is 26.8. The predicted octanol–water partition coefficient (Wildman–Crippen LogP) is 3.96. The maximum atomic E-state index is 12.6. The van der Waals surface area contributed by atoms with Gasteiger partial charge in [0.15, 0.2) is 5.78 Å². The van der Waals surface area contributed by atoms with Crippen LogP contribution in [0.15, 0.2) is 34.8 Å². The fourth-order valence-corrected chi connectivity index (χ4v) is 3.74. The lowest BCUT2D eigenvalue weighted by molar-refractivity contribution is -0.159. The van der Waals surface area contributed by atoms with Gasteiger partial charge in [0.2, 0.25) is 0 Å². The van der Waals surface area contributed by atoms with Gasteiger partial charge in [-0.3, -0.25) is 9.59 Å². The van der Waals surface area contributed by atoms with Gasteiger partial charge in [-0.25, -0.2) is 0 Å². The maximum absolute atomic E-state index is 12.6. The van der Waals surface area contributed by atoms with E-state index < -0.39 is 23.4 Å². The Morgan fingerprint density at radius 1 is 1.42 bits per heavy atom. The third kappa shape index (κ3) is 4.50. The second-order valence-corrected chi connectivity index (χ2v) is 7.99. The quantitative estimate of drug-likeness (QED) is 0.401. The molecule has 0 radical (unpaired) electrons. The lowest BCUT2D eigenvalue weighted by Crippen LogP contribution is -2.45. The number of allylic oxidation sites excluding steroid dienone is 1. The summed E-state index contributed by atoms with van der Waals surface area (Å²) >= 11 is 13.7. The number of Topliss-reactive ketones (excluding diaryl/α,β-unsaturated/α-hetero) is 1. The molecule has 0 aliphatic heterocycles. The summed E-state index contributed by atoms with van der Waals surface area (Å²) in [7, 11) is 0. The summed E-state index contributed by atoms with van der Waals surface area (Å²) in [5.41, 5.74) is -0.739. The Morgan fingerprint density at radius 2 is 2.04 bits per heavy atom. The SMILES string of the molecule is CCOC(=O)C1C(=O)CC(O)(c2ccc(I)cc2)CC1C=C(Cl)Cl. The number of ether oxygens (including phenoxy) is 1. The van der Waals surface area contributed by atoms with Crippen molar-refractivity contribution in [2.45, 2.75) is 25.4 Å². The first-order valence-corrected chi connectivity index (χ1v) is 9.31. The van der Waals surface area contributed by atoms with Crippen molar-refractivity contribution in [2.75, 3.05) is 6.61 Å². The highest BCUT2D eigenvalue weighted by atomic mass is 127. The topological polar surface area (TPSA) is 63.6 Å². The lowest BCUT2D eigenvalue weighted by atomic mass is 9.68. The summed E-state index contributed by atoms with van der Waals surface area (Å²) in [4.78, 5) is 24.7. The fourth-order valence-electron chi connectivity index (χ4n) is 3.05. The van der Waals surface area contributed by atoms with Crippen LogP contribution in [0.4, 0.5) is 0 Å². The van der Waals surface area contributed by atoms with Gasteiger partial charge in [0, 0.05) is 15.9 Å². The van der Waals surface area contributed by atoms with Crippen LogP contribution < -0.4 is 0 Å². The van der Waals surface area contributed by atoms with E-state index in [4.69, 9.17) is 27.9 Å². The van der Waals surface area contributed by atoms with Crippen molar-refractivity contribution < 1.29 is 19.4 Å². The number of hydrogen-bond donors (Lipinski definition) is 1. The van der Waals surface area contributed by atoms with Crippen LogP contribution in [0.1, 0.15) is 25.3 Å². The molecule has 24 heavy (non-hydrogen) atoms. The molecule has 0 heterocycles. The first-order chi connectivity index (χ1) is 11.3. The second kappa shape index (κ2) is 8.17. The number of hydrogen-bond acceptors (Lipinski definition) is 4. The molecule has 1 aliphatic rings. The van der Waals surface area contributed by atoms with E-state index >= 15 is 0 Å². The number of esters is 1. The minimum absolute atomic E-state index is 0.0473. The predicted molar refractivity (Wildman–Crippen MR) is 101 cm³/mol. The Balaban J connectivity index is 2.37. The number of carbonyl (C=O) groups excluding carboxylic acids is 2. The van der Waals surface area contributed by atoms with Crippen LogP contribution in [-0.2, 0) is 19.9 Å². The van der Waals surface area contributed by atoms with E-state index in [1.165, 1.54) is 6.08 Å². The zero-order valence-electron chi connectivity index (χ0n) is 13.0. The molecular formula is C17H17Cl2IO4. The average Bonchev–Trinajstić information content (AvgIpc) is 2.46. The Hall–Kier alpha value is -0.630. The third-order valence-electron chi connectivity index (χ3n) is 4.08. The van der Waals surface area contributed by atoms with E-state index in [1.807, 2.05) is 12.1 Å². The van der Waals surface area contributed by atoms with E-state index in [9.17, 15) is 14.7 Å². The van der Waals surface area contributed by atoms with Crippen molar-refractivity contribution in [3.8, 4) is 0 Å². The van der Waals surface area contributed by atoms with Gasteiger partial charge in [-0.15, -0.1) is 0 Å². The third-order valence-corrected chi connectivity index (χ3v) is 5.05. The summed E-state index contributed by atoms with van der Waals surface area (Å²) in [5.74, 6) is -2.61. The standard InChI is InChI=1S/C17H17Cl2IO4/c1-2-24-16(22)15-10(7-14(18)19)8-17(23,9-13(15)21)11-3-5-12(20)6-4-11/h3-7,10,15,23H,2,8-9H2,1H3.